The van der Waals surface area contributed by atoms with Crippen molar-refractivity contribution in [2.24, 2.45) is 0 Å². The number of fused-ring (bicyclic) bond motifs is 1. The number of aromatic nitrogens is 2. The summed E-state index contributed by atoms with van der Waals surface area (Å²) in [6.45, 7) is 2.74. The zero-order valence-corrected chi connectivity index (χ0v) is 10.2. The van der Waals surface area contributed by atoms with Crippen LogP contribution in [0.15, 0.2) is 35.1 Å². The molecule has 0 spiro atoms. The number of H-pyrrole nitrogens is 1. The molecular weight excluding hydrogens is 226 g/mol. The number of rotatable bonds is 1. The second kappa shape index (κ2) is 4.38. The van der Waals surface area contributed by atoms with Gasteiger partial charge in [-0.05, 0) is 13.3 Å². The van der Waals surface area contributed by atoms with Gasteiger partial charge in [0.1, 0.15) is 5.82 Å². The van der Waals surface area contributed by atoms with Gasteiger partial charge in [0.05, 0.1) is 5.69 Å². The number of benzene rings is 1. The van der Waals surface area contributed by atoms with Gasteiger partial charge in [-0.15, -0.1) is 0 Å². The first-order valence-corrected chi connectivity index (χ1v) is 6.15. The molecule has 92 valence electrons. The highest BCUT2D eigenvalue weighted by Gasteiger charge is 2.19. The minimum absolute atomic E-state index is 0.00722. The third kappa shape index (κ3) is 1.95. The third-order valence-electron chi connectivity index (χ3n) is 3.28. The van der Waals surface area contributed by atoms with Crippen LogP contribution in [0.25, 0.3) is 11.4 Å². The molecule has 0 saturated carbocycles. The fourth-order valence-corrected chi connectivity index (χ4v) is 2.28. The van der Waals surface area contributed by atoms with Crippen LogP contribution in [0.2, 0.25) is 0 Å². The summed E-state index contributed by atoms with van der Waals surface area (Å²) in [4.78, 5) is 19.5. The van der Waals surface area contributed by atoms with Crippen LogP contribution >= 0.6 is 0 Å². The minimum Gasteiger partial charge on any atom is -0.308 e. The Kier molecular flexibility index (Phi) is 2.72. The van der Waals surface area contributed by atoms with Crippen molar-refractivity contribution in [3.8, 4) is 11.4 Å². The summed E-state index contributed by atoms with van der Waals surface area (Å²) in [6, 6.07) is 10.1. The summed E-state index contributed by atoms with van der Waals surface area (Å²) < 4.78 is 0. The van der Waals surface area contributed by atoms with Crippen molar-refractivity contribution < 1.29 is 0 Å². The van der Waals surface area contributed by atoms with E-state index in [2.05, 4.69) is 22.2 Å². The fourth-order valence-electron chi connectivity index (χ4n) is 2.28. The van der Waals surface area contributed by atoms with Crippen LogP contribution in [0.5, 0.6) is 0 Å². The molecule has 2 N–H and O–H groups in total. The molecule has 4 heteroatoms. The second-order valence-electron chi connectivity index (χ2n) is 4.69. The van der Waals surface area contributed by atoms with Gasteiger partial charge in [0.15, 0.2) is 0 Å². The first-order valence-electron chi connectivity index (χ1n) is 6.15. The highest BCUT2D eigenvalue weighted by Crippen LogP contribution is 2.16. The van der Waals surface area contributed by atoms with Crippen LogP contribution in [-0.4, -0.2) is 16.0 Å². The molecule has 0 amide bonds. The van der Waals surface area contributed by atoms with Crippen LogP contribution < -0.4 is 10.9 Å². The van der Waals surface area contributed by atoms with Gasteiger partial charge < -0.3 is 10.3 Å². The van der Waals surface area contributed by atoms with Crippen molar-refractivity contribution >= 4 is 0 Å². The molecule has 0 radical (unpaired) electrons. The van der Waals surface area contributed by atoms with Gasteiger partial charge in [0.25, 0.3) is 5.56 Å². The topological polar surface area (TPSA) is 57.8 Å². The van der Waals surface area contributed by atoms with Crippen LogP contribution in [0.4, 0.5) is 0 Å². The van der Waals surface area contributed by atoms with E-state index in [1.807, 2.05) is 30.3 Å². The molecule has 0 bridgehead atoms. The Hall–Kier alpha value is -1.94. The van der Waals surface area contributed by atoms with E-state index in [1.165, 1.54) is 0 Å². The summed E-state index contributed by atoms with van der Waals surface area (Å²) >= 11 is 0. The summed E-state index contributed by atoms with van der Waals surface area (Å²) in [5, 5.41) is 3.33. The van der Waals surface area contributed by atoms with E-state index < -0.39 is 0 Å². The molecule has 1 atom stereocenters. The van der Waals surface area contributed by atoms with E-state index in [1.54, 1.807) is 0 Å². The lowest BCUT2D eigenvalue weighted by molar-refractivity contribution is 0.500. The molecule has 18 heavy (non-hydrogen) atoms. The van der Waals surface area contributed by atoms with Crippen molar-refractivity contribution in [1.29, 1.82) is 0 Å². The maximum atomic E-state index is 12.1. The summed E-state index contributed by atoms with van der Waals surface area (Å²) in [5.41, 5.74) is 2.62. The number of nitrogens with one attached hydrogen (secondary N) is 2. The Balaban J connectivity index is 2.10. The number of aromatic amines is 1. The van der Waals surface area contributed by atoms with Gasteiger partial charge in [-0.1, -0.05) is 30.3 Å². The molecule has 0 aliphatic carbocycles. The monoisotopic (exact) mass is 241 g/mol. The van der Waals surface area contributed by atoms with Crippen molar-refractivity contribution in [1.82, 2.24) is 15.3 Å². The van der Waals surface area contributed by atoms with Crippen LogP contribution in [0, 0.1) is 0 Å². The molecular formula is C14H15N3O. The van der Waals surface area contributed by atoms with E-state index in [0.29, 0.717) is 18.4 Å². The highest BCUT2D eigenvalue weighted by atomic mass is 16.1. The minimum atomic E-state index is -0.00722. The lowest BCUT2D eigenvalue weighted by atomic mass is 10.0. The van der Waals surface area contributed by atoms with Crippen molar-refractivity contribution in [3.05, 3.63) is 51.9 Å². The van der Waals surface area contributed by atoms with Gasteiger partial charge in [-0.25, -0.2) is 4.98 Å². The van der Waals surface area contributed by atoms with E-state index in [-0.39, 0.29) is 5.56 Å². The Morgan fingerprint density at radius 3 is 2.83 bits per heavy atom. The molecule has 0 saturated heterocycles. The van der Waals surface area contributed by atoms with Gasteiger partial charge in [-0.2, -0.15) is 0 Å². The Morgan fingerprint density at radius 2 is 2.06 bits per heavy atom. The molecule has 1 aromatic carbocycles. The largest absolute Gasteiger partial charge is 0.308 e. The normalized spacial score (nSPS) is 18.4. The molecule has 4 nitrogen and oxygen atoms in total. The Labute approximate surface area is 105 Å². The van der Waals surface area contributed by atoms with Gasteiger partial charge >= 0.3 is 0 Å². The Bertz CT molecular complexity index is 619. The quantitative estimate of drug-likeness (QED) is 0.795. The average Bonchev–Trinajstić information content (AvgIpc) is 2.40. The number of hydrogen-bond donors (Lipinski definition) is 2. The van der Waals surface area contributed by atoms with E-state index >= 15 is 0 Å². The lowest BCUT2D eigenvalue weighted by Crippen LogP contribution is -2.37. The molecule has 2 aromatic rings. The van der Waals surface area contributed by atoms with Crippen molar-refractivity contribution in [2.45, 2.75) is 25.9 Å². The second-order valence-corrected chi connectivity index (χ2v) is 4.69. The first kappa shape index (κ1) is 11.2. The van der Waals surface area contributed by atoms with E-state index in [4.69, 9.17) is 0 Å². The summed E-state index contributed by atoms with van der Waals surface area (Å²) in [6.07, 6.45) is 0.743. The lowest BCUT2D eigenvalue weighted by Gasteiger charge is -2.21. The highest BCUT2D eigenvalue weighted by molar-refractivity contribution is 5.54. The molecule has 3 rings (SSSR count). The molecule has 2 heterocycles. The van der Waals surface area contributed by atoms with Gasteiger partial charge in [0.2, 0.25) is 0 Å². The zero-order valence-electron chi connectivity index (χ0n) is 10.2. The standard InChI is InChI=1S/C14H15N3O/c1-9-7-11-12(8-15-9)16-13(17-14(11)18)10-5-3-2-4-6-10/h2-6,9,15H,7-8H2,1H3,(H,16,17,18). The molecule has 1 aromatic heterocycles. The fraction of sp³-hybridized carbons (Fsp3) is 0.286. The summed E-state index contributed by atoms with van der Waals surface area (Å²) in [7, 11) is 0. The van der Waals surface area contributed by atoms with Crippen LogP contribution in [0.1, 0.15) is 18.2 Å². The van der Waals surface area contributed by atoms with Crippen molar-refractivity contribution in [3.63, 3.8) is 0 Å². The summed E-state index contributed by atoms with van der Waals surface area (Å²) in [5.74, 6) is 0.649. The van der Waals surface area contributed by atoms with Gasteiger partial charge in [-0.3, -0.25) is 4.79 Å². The maximum Gasteiger partial charge on any atom is 0.254 e. The number of hydrogen-bond acceptors (Lipinski definition) is 3. The molecule has 1 unspecified atom stereocenters. The van der Waals surface area contributed by atoms with E-state index in [9.17, 15) is 4.79 Å². The maximum absolute atomic E-state index is 12.1. The third-order valence-corrected chi connectivity index (χ3v) is 3.28. The smallest absolute Gasteiger partial charge is 0.254 e. The predicted molar refractivity (Wildman–Crippen MR) is 70.3 cm³/mol. The Morgan fingerprint density at radius 1 is 1.28 bits per heavy atom. The van der Waals surface area contributed by atoms with E-state index in [0.717, 1.165) is 23.2 Å². The van der Waals surface area contributed by atoms with Crippen LogP contribution in [0.3, 0.4) is 0 Å². The van der Waals surface area contributed by atoms with Gasteiger partial charge in [0, 0.05) is 23.7 Å². The first-order chi connectivity index (χ1) is 8.74. The van der Waals surface area contributed by atoms with Crippen LogP contribution in [-0.2, 0) is 13.0 Å². The predicted octanol–water partition coefficient (Wildman–Crippen LogP) is 1.47. The average molecular weight is 241 g/mol. The molecule has 1 aliphatic rings. The zero-order chi connectivity index (χ0) is 12.5. The molecule has 1 aliphatic heterocycles. The van der Waals surface area contributed by atoms with Crippen molar-refractivity contribution in [2.75, 3.05) is 0 Å². The SMILES string of the molecule is CC1Cc2c(nc(-c3ccccc3)[nH]c2=O)CN1. The molecule has 0 fully saturated rings. The number of nitrogens with zero attached hydrogens (tertiary/aromatic N) is 1.